The number of rotatable bonds is 13. The lowest BCUT2D eigenvalue weighted by Gasteiger charge is -2.29. The first kappa shape index (κ1) is 45.6. The van der Waals surface area contributed by atoms with Gasteiger partial charge in [-0.1, -0.05) is 37.4 Å². The molecule has 346 valence electrons. The highest BCUT2D eigenvalue weighted by molar-refractivity contribution is 6.01. The number of benzene rings is 6. The fourth-order valence-electron chi connectivity index (χ4n) is 8.15. The van der Waals surface area contributed by atoms with Gasteiger partial charge in [0.05, 0.1) is 17.1 Å². The van der Waals surface area contributed by atoms with Crippen LogP contribution in [0, 0.1) is 11.6 Å². The minimum atomic E-state index is -0.412. The van der Waals surface area contributed by atoms with Crippen LogP contribution in [0.5, 0.6) is 0 Å². The molecule has 2 aromatic heterocycles. The van der Waals surface area contributed by atoms with Gasteiger partial charge in [-0.25, -0.2) is 28.7 Å². The second-order valence-corrected chi connectivity index (χ2v) is 16.6. The Morgan fingerprint density at radius 3 is 1.54 bits per heavy atom. The Morgan fingerprint density at radius 1 is 0.594 bits per heavy atom. The average molecular weight is 922 g/mol. The predicted molar refractivity (Wildman–Crippen MR) is 273 cm³/mol. The van der Waals surface area contributed by atoms with Gasteiger partial charge >= 0.3 is 0 Å². The highest BCUT2D eigenvalue weighted by Crippen LogP contribution is 2.34. The van der Waals surface area contributed by atoms with E-state index in [9.17, 15) is 9.59 Å². The zero-order valence-electron chi connectivity index (χ0n) is 37.6. The number of hydrogen-bond donors (Lipinski definition) is 6. The molecule has 2 saturated heterocycles. The van der Waals surface area contributed by atoms with Crippen LogP contribution in [0.2, 0.25) is 0 Å². The molecule has 2 amide bonds. The van der Waals surface area contributed by atoms with Gasteiger partial charge in [0.15, 0.2) is 0 Å². The molecule has 69 heavy (non-hydrogen) atoms. The van der Waals surface area contributed by atoms with Gasteiger partial charge in [0.1, 0.15) is 11.6 Å². The third-order valence-corrected chi connectivity index (χ3v) is 11.8. The van der Waals surface area contributed by atoms with Gasteiger partial charge in [-0.3, -0.25) is 9.59 Å². The van der Waals surface area contributed by atoms with Gasteiger partial charge < -0.3 is 36.8 Å². The Labute approximate surface area is 397 Å². The maximum Gasteiger partial charge on any atom is 0.247 e. The summed E-state index contributed by atoms with van der Waals surface area (Å²) in [6, 6.07) is 36.6. The minimum absolute atomic E-state index is 0.333. The molecule has 0 atom stereocenters. The van der Waals surface area contributed by atoms with E-state index in [-0.39, 0.29) is 11.8 Å². The van der Waals surface area contributed by atoms with Crippen LogP contribution in [0.1, 0.15) is 19.3 Å². The summed E-state index contributed by atoms with van der Waals surface area (Å²) in [5.74, 6) is -0.744. The third kappa shape index (κ3) is 11.0. The molecule has 8 aromatic rings. The van der Waals surface area contributed by atoms with Crippen molar-refractivity contribution >= 4 is 79.6 Å². The van der Waals surface area contributed by atoms with E-state index in [4.69, 9.17) is 0 Å². The summed E-state index contributed by atoms with van der Waals surface area (Å²) in [5, 5.41) is 20.0. The molecule has 6 N–H and O–H groups in total. The Kier molecular flexibility index (Phi) is 13.8. The summed E-state index contributed by atoms with van der Waals surface area (Å²) < 4.78 is 30.1. The molecule has 0 unspecified atom stereocenters. The number of aromatic nitrogens is 4. The molecule has 4 heterocycles. The molecular formula is C54H49F2N11O2. The standard InChI is InChI=1S/C28H26FN5O.C26H23FN6O/c1-2-25(35)31-22-8-6-7-19(17-22)26-24(29)14-9-20-18-30-28(33-27(20)26)32-21-10-12-23(13-11-21)34-15-4-3-5-16-34;1-2-23(34)31-20-5-3-4-16(12-20)24-22(27)11-6-17-13-29-26(33-25(17)24)32-19-9-7-18(8-10-19)30-21-14-28-15-21/h2,6-14,17-18H,1,3-5,15-16H2,(H,31,35)(H,30,32,33);2-13,21,28,30H,1,14-15H2,(H,31,34)(H,29,32,33). The van der Waals surface area contributed by atoms with Crippen molar-refractivity contribution < 1.29 is 18.4 Å². The maximum atomic E-state index is 15.1. The van der Waals surface area contributed by atoms with E-state index in [1.54, 1.807) is 73.1 Å². The fraction of sp³-hybridized carbons (Fsp3) is 0.148. The molecule has 0 radical (unpaired) electrons. The minimum Gasteiger partial charge on any atom is -0.380 e. The van der Waals surface area contributed by atoms with Gasteiger partial charge in [0, 0.05) is 94.6 Å². The number of nitrogens with one attached hydrogen (secondary N) is 6. The number of hydrogen-bond acceptors (Lipinski definition) is 11. The van der Waals surface area contributed by atoms with E-state index < -0.39 is 11.6 Å². The first-order valence-electron chi connectivity index (χ1n) is 22.6. The first-order valence-corrected chi connectivity index (χ1v) is 22.6. The van der Waals surface area contributed by atoms with Crippen LogP contribution in [0.15, 0.2) is 159 Å². The lowest BCUT2D eigenvalue weighted by Crippen LogP contribution is -2.51. The van der Waals surface area contributed by atoms with Crippen LogP contribution < -0.4 is 36.8 Å². The number of carbonyl (C=O) groups is 2. The summed E-state index contributed by atoms with van der Waals surface area (Å²) in [6.07, 6.45) is 9.47. The number of amides is 2. The lowest BCUT2D eigenvalue weighted by atomic mass is 10.0. The molecule has 0 saturated carbocycles. The average Bonchev–Trinajstić information content (AvgIpc) is 3.36. The van der Waals surface area contributed by atoms with Crippen molar-refractivity contribution in [2.45, 2.75) is 25.3 Å². The molecule has 10 rings (SSSR count). The molecule has 0 aliphatic carbocycles. The third-order valence-electron chi connectivity index (χ3n) is 11.8. The second-order valence-electron chi connectivity index (χ2n) is 16.6. The van der Waals surface area contributed by atoms with Crippen molar-refractivity contribution in [2.24, 2.45) is 0 Å². The van der Waals surface area contributed by atoms with Crippen LogP contribution in [-0.2, 0) is 9.59 Å². The van der Waals surface area contributed by atoms with Crippen molar-refractivity contribution in [3.05, 3.63) is 171 Å². The summed E-state index contributed by atoms with van der Waals surface area (Å²) in [7, 11) is 0. The molecule has 2 aliphatic rings. The van der Waals surface area contributed by atoms with Crippen LogP contribution >= 0.6 is 0 Å². The molecule has 15 heteroatoms. The molecule has 13 nitrogen and oxygen atoms in total. The topological polar surface area (TPSA) is 161 Å². The van der Waals surface area contributed by atoms with Crippen LogP contribution in [0.3, 0.4) is 0 Å². The summed E-state index contributed by atoms with van der Waals surface area (Å²) in [4.78, 5) is 43.9. The summed E-state index contributed by atoms with van der Waals surface area (Å²) in [6.45, 7) is 11.0. The summed E-state index contributed by atoms with van der Waals surface area (Å²) >= 11 is 0. The Hall–Kier alpha value is -8.56. The van der Waals surface area contributed by atoms with Crippen molar-refractivity contribution in [2.75, 3.05) is 57.7 Å². The monoisotopic (exact) mass is 921 g/mol. The predicted octanol–water partition coefficient (Wildman–Crippen LogP) is 11.0. The van der Waals surface area contributed by atoms with E-state index in [0.717, 1.165) is 43.2 Å². The van der Waals surface area contributed by atoms with E-state index in [0.29, 0.717) is 73.4 Å². The SMILES string of the molecule is C=CC(=O)Nc1cccc(-c2c(F)ccc3cnc(Nc4ccc(N5CCCCC5)cc4)nc23)c1.C=CC(=O)Nc1cccc(-c2c(F)ccc3cnc(Nc4ccc(NC5CNC5)cc4)nc23)c1. The molecule has 6 aromatic carbocycles. The smallest absolute Gasteiger partial charge is 0.247 e. The number of piperidine rings is 1. The number of carbonyl (C=O) groups excluding carboxylic acids is 2. The quantitative estimate of drug-likeness (QED) is 0.0611. The summed E-state index contributed by atoms with van der Waals surface area (Å²) in [5.41, 5.74) is 7.87. The lowest BCUT2D eigenvalue weighted by molar-refractivity contribution is -0.112. The van der Waals surface area contributed by atoms with Crippen molar-refractivity contribution in [1.29, 1.82) is 0 Å². The van der Waals surface area contributed by atoms with Crippen LogP contribution in [0.4, 0.5) is 54.8 Å². The van der Waals surface area contributed by atoms with E-state index >= 15 is 8.78 Å². The largest absolute Gasteiger partial charge is 0.380 e. The Morgan fingerprint density at radius 2 is 1.07 bits per heavy atom. The molecule has 2 aliphatic heterocycles. The number of anilines is 8. The number of halogens is 2. The molecule has 0 bridgehead atoms. The van der Waals surface area contributed by atoms with Crippen molar-refractivity contribution in [3.63, 3.8) is 0 Å². The molecular weight excluding hydrogens is 873 g/mol. The Balaban J connectivity index is 0.000000172. The van der Waals surface area contributed by atoms with Gasteiger partial charge in [0.2, 0.25) is 23.7 Å². The zero-order valence-corrected chi connectivity index (χ0v) is 37.6. The van der Waals surface area contributed by atoms with E-state index in [1.807, 2.05) is 36.4 Å². The van der Waals surface area contributed by atoms with Crippen molar-refractivity contribution in [3.8, 4) is 22.3 Å². The maximum absolute atomic E-state index is 15.1. The van der Waals surface area contributed by atoms with Gasteiger partial charge in [-0.15, -0.1) is 0 Å². The fourth-order valence-corrected chi connectivity index (χ4v) is 8.15. The van der Waals surface area contributed by atoms with Crippen molar-refractivity contribution in [1.82, 2.24) is 25.3 Å². The normalized spacial score (nSPS) is 13.3. The Bertz CT molecular complexity index is 3170. The zero-order chi connectivity index (χ0) is 47.7. The molecule has 2 fully saturated rings. The van der Waals surface area contributed by atoms with Gasteiger partial charge in [-0.2, -0.15) is 0 Å². The van der Waals surface area contributed by atoms with Gasteiger partial charge in [-0.05, 0) is 140 Å². The van der Waals surface area contributed by atoms with Crippen LogP contribution in [-0.4, -0.2) is 64.0 Å². The highest BCUT2D eigenvalue weighted by atomic mass is 19.1. The first-order chi connectivity index (χ1) is 33.7. The van der Waals surface area contributed by atoms with Gasteiger partial charge in [0.25, 0.3) is 0 Å². The second kappa shape index (κ2) is 20.9. The number of fused-ring (bicyclic) bond motifs is 2. The van der Waals surface area contributed by atoms with E-state index in [1.165, 1.54) is 49.2 Å². The molecule has 0 spiro atoms. The highest BCUT2D eigenvalue weighted by Gasteiger charge is 2.18. The number of nitrogens with zero attached hydrogens (tertiary/aromatic N) is 5. The van der Waals surface area contributed by atoms with E-state index in [2.05, 4.69) is 82.0 Å². The van der Waals surface area contributed by atoms with Crippen LogP contribution in [0.25, 0.3) is 44.1 Å².